The van der Waals surface area contributed by atoms with Crippen LogP contribution in [0.15, 0.2) is 23.2 Å². The van der Waals surface area contributed by atoms with E-state index in [1.807, 2.05) is 18.2 Å². The third-order valence-electron chi connectivity index (χ3n) is 2.71. The molecule has 0 bridgehead atoms. The van der Waals surface area contributed by atoms with Gasteiger partial charge < -0.3 is 9.84 Å². The fourth-order valence-electron chi connectivity index (χ4n) is 1.74. The SMILES string of the molecule is COc1ccc2sc(C3=NC(C(=O)O)CS3)nc2c1. The number of carboxylic acids is 1. The van der Waals surface area contributed by atoms with E-state index in [1.165, 1.54) is 23.1 Å². The smallest absolute Gasteiger partial charge is 0.329 e. The number of nitrogens with zero attached hydrogens (tertiary/aromatic N) is 2. The summed E-state index contributed by atoms with van der Waals surface area (Å²) in [4.78, 5) is 19.6. The van der Waals surface area contributed by atoms with Gasteiger partial charge >= 0.3 is 5.97 Å². The number of methoxy groups -OCH3 is 1. The number of benzene rings is 1. The molecule has 1 unspecified atom stereocenters. The van der Waals surface area contributed by atoms with E-state index in [-0.39, 0.29) is 0 Å². The molecule has 5 nitrogen and oxygen atoms in total. The molecule has 0 radical (unpaired) electrons. The van der Waals surface area contributed by atoms with Gasteiger partial charge in [0.2, 0.25) is 0 Å². The second kappa shape index (κ2) is 4.82. The van der Waals surface area contributed by atoms with Crippen LogP contribution in [0.5, 0.6) is 5.75 Å². The number of aromatic nitrogens is 1. The largest absolute Gasteiger partial charge is 0.497 e. The molecule has 7 heteroatoms. The minimum Gasteiger partial charge on any atom is -0.497 e. The summed E-state index contributed by atoms with van der Waals surface area (Å²) in [7, 11) is 1.61. The molecule has 0 saturated carbocycles. The van der Waals surface area contributed by atoms with Crippen molar-refractivity contribution in [1.82, 2.24) is 4.98 Å². The molecule has 0 amide bonds. The Morgan fingerprint density at radius 3 is 3.05 bits per heavy atom. The Morgan fingerprint density at radius 1 is 1.53 bits per heavy atom. The topological polar surface area (TPSA) is 71.8 Å². The molecule has 2 aromatic rings. The van der Waals surface area contributed by atoms with Crippen molar-refractivity contribution in [3.63, 3.8) is 0 Å². The second-order valence-corrected chi connectivity index (χ2v) is 5.99. The lowest BCUT2D eigenvalue weighted by atomic mass is 10.3. The lowest BCUT2D eigenvalue weighted by molar-refractivity contribution is -0.137. The van der Waals surface area contributed by atoms with Gasteiger partial charge in [0.25, 0.3) is 0 Å². The molecule has 2 heterocycles. The lowest BCUT2D eigenvalue weighted by Gasteiger charge is -1.96. The fourth-order valence-corrected chi connectivity index (χ4v) is 3.79. The van der Waals surface area contributed by atoms with Crippen LogP contribution in [0.25, 0.3) is 10.2 Å². The van der Waals surface area contributed by atoms with Gasteiger partial charge in [0.15, 0.2) is 6.04 Å². The zero-order valence-electron chi connectivity index (χ0n) is 9.99. The summed E-state index contributed by atoms with van der Waals surface area (Å²) in [5.74, 6) is 0.350. The molecule has 0 saturated heterocycles. The maximum atomic E-state index is 10.9. The molecule has 1 N–H and O–H groups in total. The van der Waals surface area contributed by atoms with Crippen molar-refractivity contribution in [3.8, 4) is 5.75 Å². The summed E-state index contributed by atoms with van der Waals surface area (Å²) >= 11 is 2.96. The second-order valence-electron chi connectivity index (χ2n) is 3.95. The number of thiazole rings is 1. The van der Waals surface area contributed by atoms with E-state index in [0.717, 1.165) is 21.0 Å². The minimum atomic E-state index is -0.884. The number of thioether (sulfide) groups is 1. The van der Waals surface area contributed by atoms with Crippen molar-refractivity contribution in [2.45, 2.75) is 6.04 Å². The predicted octanol–water partition coefficient (Wildman–Crippen LogP) is 2.25. The minimum absolute atomic E-state index is 0.476. The first-order chi connectivity index (χ1) is 9.17. The van der Waals surface area contributed by atoms with Crippen molar-refractivity contribution in [1.29, 1.82) is 0 Å². The molecule has 3 rings (SSSR count). The van der Waals surface area contributed by atoms with Crippen LogP contribution in [0.3, 0.4) is 0 Å². The number of ether oxygens (including phenoxy) is 1. The molecule has 1 aliphatic rings. The molecule has 98 valence electrons. The zero-order chi connectivity index (χ0) is 13.4. The van der Waals surface area contributed by atoms with Crippen LogP contribution in [0.2, 0.25) is 0 Å². The van der Waals surface area contributed by atoms with Gasteiger partial charge in [-0.05, 0) is 12.1 Å². The van der Waals surface area contributed by atoms with Crippen LogP contribution in [-0.4, -0.2) is 40.0 Å². The van der Waals surface area contributed by atoms with E-state index in [9.17, 15) is 4.79 Å². The van der Waals surface area contributed by atoms with E-state index >= 15 is 0 Å². The normalized spacial score (nSPS) is 18.6. The highest BCUT2D eigenvalue weighted by atomic mass is 32.2. The highest BCUT2D eigenvalue weighted by Gasteiger charge is 2.26. The summed E-state index contributed by atoms with van der Waals surface area (Å²) in [5.41, 5.74) is 0.849. The maximum absolute atomic E-state index is 10.9. The van der Waals surface area contributed by atoms with E-state index in [4.69, 9.17) is 9.84 Å². The molecule has 0 fully saturated rings. The molecular formula is C12H10N2O3S2. The number of rotatable bonds is 3. The molecule has 1 atom stereocenters. The van der Waals surface area contributed by atoms with Gasteiger partial charge in [-0.25, -0.2) is 9.78 Å². The standard InChI is InChI=1S/C12H10N2O3S2/c1-17-6-2-3-9-7(4-6)13-11(19-9)10-14-8(5-18-10)12(15)16/h2-4,8H,5H2,1H3,(H,15,16). The third-order valence-corrected chi connectivity index (χ3v) is 4.94. The van der Waals surface area contributed by atoms with Crippen molar-refractivity contribution in [2.24, 2.45) is 4.99 Å². The number of fused-ring (bicyclic) bond motifs is 1. The van der Waals surface area contributed by atoms with Crippen molar-refractivity contribution >= 4 is 44.3 Å². The Balaban J connectivity index is 1.98. The quantitative estimate of drug-likeness (QED) is 0.940. The number of carbonyl (C=O) groups is 1. The molecular weight excluding hydrogens is 284 g/mol. The van der Waals surface area contributed by atoms with Crippen LogP contribution in [0.1, 0.15) is 5.01 Å². The van der Waals surface area contributed by atoms with Gasteiger partial charge in [0, 0.05) is 11.8 Å². The molecule has 0 spiro atoms. The van der Waals surface area contributed by atoms with Crippen LogP contribution < -0.4 is 4.74 Å². The molecule has 0 aliphatic carbocycles. The number of hydrogen-bond donors (Lipinski definition) is 1. The van der Waals surface area contributed by atoms with Crippen LogP contribution in [0.4, 0.5) is 0 Å². The van der Waals surface area contributed by atoms with Crippen LogP contribution in [-0.2, 0) is 4.79 Å². The summed E-state index contributed by atoms with van der Waals surface area (Å²) in [5, 5.41) is 10.4. The van der Waals surface area contributed by atoms with Gasteiger partial charge in [-0.3, -0.25) is 4.99 Å². The Labute approximate surface area is 117 Å². The first kappa shape index (κ1) is 12.4. The lowest BCUT2D eigenvalue weighted by Crippen LogP contribution is -2.17. The average Bonchev–Trinajstić information content (AvgIpc) is 3.04. The first-order valence-corrected chi connectivity index (χ1v) is 7.36. The number of carboxylic acid groups (broad SMARTS) is 1. The summed E-state index contributed by atoms with van der Waals surface area (Å²) in [6.07, 6.45) is 0. The van der Waals surface area contributed by atoms with E-state index < -0.39 is 12.0 Å². The number of aliphatic imine (C=N–C) groups is 1. The van der Waals surface area contributed by atoms with Gasteiger partial charge in [-0.2, -0.15) is 0 Å². The Bertz CT molecular complexity index is 681. The predicted molar refractivity (Wildman–Crippen MR) is 76.6 cm³/mol. The fraction of sp³-hybridized carbons (Fsp3) is 0.250. The number of aliphatic carboxylic acids is 1. The third kappa shape index (κ3) is 2.31. The van der Waals surface area contributed by atoms with Crippen molar-refractivity contribution in [3.05, 3.63) is 23.2 Å². The monoisotopic (exact) mass is 294 g/mol. The van der Waals surface area contributed by atoms with Gasteiger partial charge in [-0.15, -0.1) is 23.1 Å². The summed E-state index contributed by atoms with van der Waals surface area (Å²) in [6, 6.07) is 5.05. The van der Waals surface area contributed by atoms with E-state index in [2.05, 4.69) is 9.98 Å². The summed E-state index contributed by atoms with van der Waals surface area (Å²) < 4.78 is 6.20. The number of hydrogen-bond acceptors (Lipinski definition) is 6. The van der Waals surface area contributed by atoms with E-state index in [0.29, 0.717) is 10.8 Å². The zero-order valence-corrected chi connectivity index (χ0v) is 11.6. The van der Waals surface area contributed by atoms with Gasteiger partial charge in [0.05, 0.1) is 17.3 Å². The first-order valence-electron chi connectivity index (χ1n) is 5.56. The van der Waals surface area contributed by atoms with Crippen molar-refractivity contribution in [2.75, 3.05) is 12.9 Å². The summed E-state index contributed by atoms with van der Waals surface area (Å²) in [6.45, 7) is 0. The highest BCUT2D eigenvalue weighted by Crippen LogP contribution is 2.31. The van der Waals surface area contributed by atoms with E-state index in [1.54, 1.807) is 7.11 Å². The van der Waals surface area contributed by atoms with Crippen LogP contribution in [0, 0.1) is 0 Å². The maximum Gasteiger partial charge on any atom is 0.329 e. The molecule has 1 aromatic carbocycles. The molecule has 1 aromatic heterocycles. The Hall–Kier alpha value is -1.60. The van der Waals surface area contributed by atoms with Gasteiger partial charge in [-0.1, -0.05) is 0 Å². The Kier molecular flexibility index (Phi) is 3.16. The van der Waals surface area contributed by atoms with Crippen LogP contribution >= 0.6 is 23.1 Å². The Morgan fingerprint density at radius 2 is 2.37 bits per heavy atom. The van der Waals surface area contributed by atoms with Gasteiger partial charge in [0.1, 0.15) is 15.8 Å². The van der Waals surface area contributed by atoms with Crippen molar-refractivity contribution < 1.29 is 14.6 Å². The molecule has 19 heavy (non-hydrogen) atoms. The molecule has 1 aliphatic heterocycles. The average molecular weight is 294 g/mol. The highest BCUT2D eigenvalue weighted by molar-refractivity contribution is 8.15.